The van der Waals surface area contributed by atoms with Crippen LogP contribution in [0.5, 0.6) is 0 Å². The smallest absolute Gasteiger partial charge is 0.195 e. The molecule has 0 spiro atoms. The first kappa shape index (κ1) is 14.5. The Labute approximate surface area is 132 Å². The normalized spacial score (nSPS) is 13.0. The maximum absolute atomic E-state index is 6.01. The third kappa shape index (κ3) is 2.81. The Morgan fingerprint density at radius 2 is 2.24 bits per heavy atom. The quantitative estimate of drug-likeness (QED) is 0.785. The zero-order valence-electron chi connectivity index (χ0n) is 12.4. The average molecular weight is 321 g/mol. The highest BCUT2D eigenvalue weighted by Crippen LogP contribution is 2.27. The molecule has 3 heterocycles. The van der Waals surface area contributed by atoms with Crippen LogP contribution in [0.25, 0.3) is 4.96 Å². The molecule has 1 unspecified atom stereocenters. The maximum atomic E-state index is 6.01. The molecular formula is C14H19N5S2. The van der Waals surface area contributed by atoms with Crippen molar-refractivity contribution >= 4 is 33.5 Å². The summed E-state index contributed by atoms with van der Waals surface area (Å²) in [5.74, 6) is 1.02. The fourth-order valence-electron chi connectivity index (χ4n) is 2.39. The van der Waals surface area contributed by atoms with Crippen molar-refractivity contribution in [2.75, 3.05) is 11.9 Å². The molecule has 0 saturated heterocycles. The first-order valence-electron chi connectivity index (χ1n) is 6.86. The lowest BCUT2D eigenvalue weighted by Gasteiger charge is -2.18. The van der Waals surface area contributed by atoms with Gasteiger partial charge in [0.2, 0.25) is 0 Å². The van der Waals surface area contributed by atoms with Gasteiger partial charge in [0.15, 0.2) is 10.8 Å². The third-order valence-electron chi connectivity index (χ3n) is 3.44. The summed E-state index contributed by atoms with van der Waals surface area (Å²) in [7, 11) is 2.08. The van der Waals surface area contributed by atoms with Crippen LogP contribution in [-0.2, 0) is 13.0 Å². The van der Waals surface area contributed by atoms with E-state index in [1.54, 1.807) is 22.7 Å². The van der Waals surface area contributed by atoms with Gasteiger partial charge in [-0.3, -0.25) is 4.40 Å². The second-order valence-corrected chi connectivity index (χ2v) is 7.15. The van der Waals surface area contributed by atoms with Gasteiger partial charge in [-0.2, -0.15) is 0 Å². The molecular weight excluding hydrogens is 302 g/mol. The summed E-state index contributed by atoms with van der Waals surface area (Å²) in [6.07, 6.45) is 2.89. The van der Waals surface area contributed by atoms with Gasteiger partial charge in [0.25, 0.3) is 0 Å². The fourth-order valence-corrected chi connectivity index (χ4v) is 3.95. The Morgan fingerprint density at radius 1 is 1.43 bits per heavy atom. The van der Waals surface area contributed by atoms with E-state index in [2.05, 4.69) is 32.9 Å². The highest BCUT2D eigenvalue weighted by atomic mass is 32.1. The summed E-state index contributed by atoms with van der Waals surface area (Å²) in [4.78, 5) is 13.6. The van der Waals surface area contributed by atoms with E-state index in [1.165, 1.54) is 10.6 Å². The summed E-state index contributed by atoms with van der Waals surface area (Å²) < 4.78 is 2.15. The van der Waals surface area contributed by atoms with Crippen molar-refractivity contribution in [1.82, 2.24) is 14.4 Å². The van der Waals surface area contributed by atoms with Gasteiger partial charge in [0.1, 0.15) is 0 Å². The van der Waals surface area contributed by atoms with E-state index in [-0.39, 0.29) is 6.04 Å². The number of nitrogens with zero attached hydrogens (tertiary/aromatic N) is 4. The van der Waals surface area contributed by atoms with Crippen molar-refractivity contribution in [1.29, 1.82) is 0 Å². The highest BCUT2D eigenvalue weighted by Gasteiger charge is 2.18. The van der Waals surface area contributed by atoms with E-state index in [9.17, 15) is 0 Å². The minimum absolute atomic E-state index is 0.113. The number of nitrogens with two attached hydrogens (primary N) is 1. The molecule has 3 aromatic heterocycles. The van der Waals surface area contributed by atoms with Gasteiger partial charge < -0.3 is 10.6 Å². The molecule has 5 nitrogen and oxygen atoms in total. The van der Waals surface area contributed by atoms with Crippen molar-refractivity contribution in [2.45, 2.75) is 32.9 Å². The molecule has 2 N–H and O–H groups in total. The second-order valence-electron chi connectivity index (χ2n) is 5.34. The number of thiazole rings is 2. The molecule has 112 valence electrons. The Balaban J connectivity index is 1.94. The van der Waals surface area contributed by atoms with Gasteiger partial charge in [-0.1, -0.05) is 0 Å². The molecule has 0 aliphatic carbocycles. The number of aromatic nitrogens is 3. The van der Waals surface area contributed by atoms with E-state index in [1.807, 2.05) is 19.4 Å². The van der Waals surface area contributed by atoms with Gasteiger partial charge in [0, 0.05) is 36.0 Å². The SMILES string of the molecule is Cc1ncsc1CN(C)c1nc2sccn2c1CC(C)N. The molecule has 0 amide bonds. The lowest BCUT2D eigenvalue weighted by atomic mass is 10.2. The summed E-state index contributed by atoms with van der Waals surface area (Å²) in [6.45, 7) is 4.91. The van der Waals surface area contributed by atoms with Crippen LogP contribution in [-0.4, -0.2) is 27.5 Å². The van der Waals surface area contributed by atoms with Gasteiger partial charge in [-0.25, -0.2) is 9.97 Å². The molecule has 7 heteroatoms. The average Bonchev–Trinajstić information content (AvgIpc) is 3.08. The number of rotatable bonds is 5. The minimum Gasteiger partial charge on any atom is -0.353 e. The molecule has 3 aromatic rings. The van der Waals surface area contributed by atoms with Crippen LogP contribution in [0.2, 0.25) is 0 Å². The predicted molar refractivity (Wildman–Crippen MR) is 89.4 cm³/mol. The Bertz CT molecular complexity index is 740. The van der Waals surface area contributed by atoms with E-state index in [0.717, 1.165) is 29.4 Å². The minimum atomic E-state index is 0.113. The summed E-state index contributed by atoms with van der Waals surface area (Å²) in [6, 6.07) is 0.113. The van der Waals surface area contributed by atoms with Gasteiger partial charge >= 0.3 is 0 Å². The van der Waals surface area contributed by atoms with Crippen molar-refractivity contribution in [3.8, 4) is 0 Å². The van der Waals surface area contributed by atoms with Crippen LogP contribution in [0.15, 0.2) is 17.1 Å². The molecule has 0 fully saturated rings. The van der Waals surface area contributed by atoms with Crippen molar-refractivity contribution in [3.63, 3.8) is 0 Å². The van der Waals surface area contributed by atoms with E-state index >= 15 is 0 Å². The fraction of sp³-hybridized carbons (Fsp3) is 0.429. The van der Waals surface area contributed by atoms with Crippen LogP contribution in [0, 0.1) is 6.92 Å². The molecule has 0 radical (unpaired) electrons. The molecule has 0 bridgehead atoms. The number of imidazole rings is 1. The molecule has 1 atom stereocenters. The maximum Gasteiger partial charge on any atom is 0.195 e. The van der Waals surface area contributed by atoms with E-state index in [0.29, 0.717) is 0 Å². The van der Waals surface area contributed by atoms with Crippen molar-refractivity contribution in [3.05, 3.63) is 33.4 Å². The predicted octanol–water partition coefficient (Wildman–Crippen LogP) is 2.69. The van der Waals surface area contributed by atoms with Crippen LogP contribution in [0.3, 0.4) is 0 Å². The number of anilines is 1. The van der Waals surface area contributed by atoms with E-state index in [4.69, 9.17) is 10.7 Å². The number of hydrogen-bond acceptors (Lipinski definition) is 6. The molecule has 0 saturated carbocycles. The molecule has 0 aliphatic heterocycles. The first-order valence-corrected chi connectivity index (χ1v) is 8.62. The number of fused-ring (bicyclic) bond motifs is 1. The summed E-state index contributed by atoms with van der Waals surface area (Å²) in [5, 5.41) is 2.06. The second kappa shape index (κ2) is 5.75. The topological polar surface area (TPSA) is 59.5 Å². The monoisotopic (exact) mass is 321 g/mol. The van der Waals surface area contributed by atoms with Gasteiger partial charge in [-0.15, -0.1) is 22.7 Å². The lowest BCUT2D eigenvalue weighted by molar-refractivity contribution is 0.713. The molecule has 3 rings (SSSR count). The summed E-state index contributed by atoms with van der Waals surface area (Å²) in [5.41, 5.74) is 10.2. The van der Waals surface area contributed by atoms with Crippen LogP contribution in [0.4, 0.5) is 5.82 Å². The standard InChI is InChI=1S/C14H19N5S2/c1-9(15)6-11-13(17-14-19(11)4-5-20-14)18(3)7-12-10(2)16-8-21-12/h4-5,8-9H,6-7,15H2,1-3H3. The highest BCUT2D eigenvalue weighted by molar-refractivity contribution is 7.15. The largest absolute Gasteiger partial charge is 0.353 e. The van der Waals surface area contributed by atoms with Crippen LogP contribution < -0.4 is 10.6 Å². The number of aryl methyl sites for hydroxylation is 1. The zero-order valence-corrected chi connectivity index (χ0v) is 14.0. The molecule has 0 aromatic carbocycles. The lowest BCUT2D eigenvalue weighted by Crippen LogP contribution is -2.23. The molecule has 21 heavy (non-hydrogen) atoms. The third-order valence-corrected chi connectivity index (χ3v) is 5.12. The van der Waals surface area contributed by atoms with Gasteiger partial charge in [0.05, 0.1) is 23.4 Å². The Hall–Kier alpha value is -1.44. The Kier molecular flexibility index (Phi) is 3.97. The van der Waals surface area contributed by atoms with Gasteiger partial charge in [-0.05, 0) is 13.8 Å². The van der Waals surface area contributed by atoms with Crippen LogP contribution >= 0.6 is 22.7 Å². The Morgan fingerprint density at radius 3 is 2.90 bits per heavy atom. The zero-order chi connectivity index (χ0) is 15.0. The number of hydrogen-bond donors (Lipinski definition) is 1. The first-order chi connectivity index (χ1) is 10.1. The summed E-state index contributed by atoms with van der Waals surface area (Å²) >= 11 is 3.34. The van der Waals surface area contributed by atoms with Crippen molar-refractivity contribution < 1.29 is 0 Å². The van der Waals surface area contributed by atoms with E-state index < -0.39 is 0 Å². The van der Waals surface area contributed by atoms with Crippen LogP contribution in [0.1, 0.15) is 23.2 Å². The molecule has 0 aliphatic rings. The van der Waals surface area contributed by atoms with Crippen molar-refractivity contribution in [2.24, 2.45) is 5.73 Å².